The number of anilines is 1. The van der Waals surface area contributed by atoms with Gasteiger partial charge in [0.15, 0.2) is 5.03 Å². The van der Waals surface area contributed by atoms with E-state index < -0.39 is 27.0 Å². The van der Waals surface area contributed by atoms with E-state index >= 15 is 0 Å². The van der Waals surface area contributed by atoms with Crippen molar-refractivity contribution < 1.29 is 22.7 Å². The Labute approximate surface area is 224 Å². The molecule has 4 aromatic rings. The van der Waals surface area contributed by atoms with E-state index in [2.05, 4.69) is 0 Å². The summed E-state index contributed by atoms with van der Waals surface area (Å²) in [7, 11) is -4.26. The van der Waals surface area contributed by atoms with Gasteiger partial charge in [0.25, 0.3) is 0 Å². The quantitative estimate of drug-likeness (QED) is 0.370. The molecular formula is C29H24N2O5S2. The molecule has 1 atom stereocenters. The van der Waals surface area contributed by atoms with E-state index in [0.717, 1.165) is 21.9 Å². The van der Waals surface area contributed by atoms with Crippen molar-refractivity contribution in [3.63, 3.8) is 0 Å². The van der Waals surface area contributed by atoms with Gasteiger partial charge in [-0.3, -0.25) is 9.36 Å². The van der Waals surface area contributed by atoms with Crippen LogP contribution in [0.1, 0.15) is 28.1 Å². The first-order valence-electron chi connectivity index (χ1n) is 11.9. The van der Waals surface area contributed by atoms with Crippen molar-refractivity contribution in [2.24, 2.45) is 0 Å². The Kier molecular flexibility index (Phi) is 6.96. The van der Waals surface area contributed by atoms with Crippen LogP contribution >= 0.6 is 11.8 Å². The molecule has 0 radical (unpaired) electrons. The van der Waals surface area contributed by atoms with Crippen LogP contribution in [0.2, 0.25) is 0 Å². The first kappa shape index (κ1) is 25.6. The van der Waals surface area contributed by atoms with Gasteiger partial charge in [-0.25, -0.2) is 13.2 Å². The number of fused-ring (bicyclic) bond motifs is 1. The Bertz CT molecular complexity index is 1750. The van der Waals surface area contributed by atoms with Crippen molar-refractivity contribution in [3.05, 3.63) is 113 Å². The zero-order chi connectivity index (χ0) is 26.9. The summed E-state index contributed by atoms with van der Waals surface area (Å²) < 4.78 is 34.4. The fraction of sp³-hybridized carbons (Fsp3) is 0.103. The number of carbonyl (C=O) groups excluding carboxylic acids is 2. The fourth-order valence-electron chi connectivity index (χ4n) is 4.38. The van der Waals surface area contributed by atoms with Gasteiger partial charge in [0, 0.05) is 5.22 Å². The van der Waals surface area contributed by atoms with Crippen LogP contribution in [-0.2, 0) is 19.4 Å². The second kappa shape index (κ2) is 10.4. The number of esters is 1. The molecule has 7 nitrogen and oxygen atoms in total. The number of thioether (sulfide) groups is 1. The predicted octanol–water partition coefficient (Wildman–Crippen LogP) is 3.53. The number of nitrogen functional groups attached to an aromatic ring is 1. The van der Waals surface area contributed by atoms with E-state index in [1.54, 1.807) is 55.5 Å². The summed E-state index contributed by atoms with van der Waals surface area (Å²) in [6.07, 6.45) is 1.68. The first-order valence-corrected chi connectivity index (χ1v) is 14.2. The lowest BCUT2D eigenvalue weighted by Crippen LogP contribution is -2.42. The van der Waals surface area contributed by atoms with Gasteiger partial charge >= 0.3 is 5.97 Å². The Morgan fingerprint density at radius 1 is 0.974 bits per heavy atom. The topological polar surface area (TPSA) is 108 Å². The van der Waals surface area contributed by atoms with Gasteiger partial charge in [0.05, 0.1) is 22.5 Å². The van der Waals surface area contributed by atoms with Crippen LogP contribution in [0, 0.1) is 0 Å². The largest absolute Gasteiger partial charge is 0.462 e. The van der Waals surface area contributed by atoms with Gasteiger partial charge in [0.1, 0.15) is 10.2 Å². The number of hydrogen-bond donors (Lipinski definition) is 1. The molecule has 0 unspecified atom stereocenters. The van der Waals surface area contributed by atoms with Crippen molar-refractivity contribution >= 4 is 50.1 Å². The molecule has 0 aliphatic carbocycles. The molecule has 38 heavy (non-hydrogen) atoms. The number of nitrogens with zero attached hydrogens (tertiary/aromatic N) is 1. The third kappa shape index (κ3) is 4.44. The number of hydrogen-bond acceptors (Lipinski definition) is 7. The van der Waals surface area contributed by atoms with Gasteiger partial charge in [-0.2, -0.15) is 0 Å². The second-order valence-electron chi connectivity index (χ2n) is 8.48. The standard InChI is InChI=1S/C29H24N2O5S2/c1-2-36-29(33)26-24-22(18-19-12-6-3-7-13-19)23(30)28(38(34,35)21-16-10-5-11-17-21)31(24)27(32)25(37-26)20-14-8-4-9-15-20/h3-18,25H,2,30H2,1H3/b22-18+/t25-/m1/s1. The summed E-state index contributed by atoms with van der Waals surface area (Å²) in [6.45, 7) is 1.79. The summed E-state index contributed by atoms with van der Waals surface area (Å²) in [6, 6.07) is 25.8. The lowest BCUT2D eigenvalue weighted by Gasteiger charge is -2.23. The Balaban J connectivity index is 1.93. The van der Waals surface area contributed by atoms with Gasteiger partial charge in [-0.1, -0.05) is 90.6 Å². The average molecular weight is 545 g/mol. The number of sulfone groups is 1. The molecule has 5 rings (SSSR count). The molecule has 0 spiro atoms. The summed E-state index contributed by atoms with van der Waals surface area (Å²) in [5.74, 6) is -1.17. The predicted molar refractivity (Wildman–Crippen MR) is 147 cm³/mol. The highest BCUT2D eigenvalue weighted by Crippen LogP contribution is 2.40. The Hall–Kier alpha value is -4.08. The van der Waals surface area contributed by atoms with Crippen molar-refractivity contribution in [1.82, 2.24) is 4.57 Å². The SMILES string of the molecule is CCOC(=O)C1=c2/c(=C/c3ccccc3)c(N)c(S(=O)(=O)c3ccccc3)n2C(=O)[C@@H](c2ccccc2)S1. The molecule has 1 aliphatic rings. The maximum Gasteiger partial charge on any atom is 0.346 e. The van der Waals surface area contributed by atoms with Crippen LogP contribution in [0.25, 0.3) is 11.0 Å². The highest BCUT2D eigenvalue weighted by molar-refractivity contribution is 8.10. The molecule has 1 aliphatic heterocycles. The highest BCUT2D eigenvalue weighted by atomic mass is 32.2. The van der Waals surface area contributed by atoms with E-state index in [9.17, 15) is 18.0 Å². The summed E-state index contributed by atoms with van der Waals surface area (Å²) in [4.78, 5) is 27.5. The van der Waals surface area contributed by atoms with Gasteiger partial charge < -0.3 is 10.5 Å². The molecule has 0 amide bonds. The molecule has 0 bridgehead atoms. The van der Waals surface area contributed by atoms with Crippen molar-refractivity contribution in [2.45, 2.75) is 22.1 Å². The molecule has 0 fully saturated rings. The average Bonchev–Trinajstić information content (AvgIpc) is 3.23. The van der Waals surface area contributed by atoms with Gasteiger partial charge in [-0.15, -0.1) is 0 Å². The molecular weight excluding hydrogens is 520 g/mol. The fourth-order valence-corrected chi connectivity index (χ4v) is 7.14. The van der Waals surface area contributed by atoms with Crippen LogP contribution in [-0.4, -0.2) is 31.5 Å². The second-order valence-corrected chi connectivity index (χ2v) is 11.5. The number of nitrogens with two attached hydrogens (primary N) is 1. The zero-order valence-corrected chi connectivity index (χ0v) is 22.0. The number of rotatable bonds is 6. The third-order valence-corrected chi connectivity index (χ3v) is 9.19. The summed E-state index contributed by atoms with van der Waals surface area (Å²) >= 11 is 1.04. The minimum absolute atomic E-state index is 0.0155. The number of ether oxygens (including phenoxy) is 1. The number of benzene rings is 3. The molecule has 2 heterocycles. The van der Waals surface area contributed by atoms with E-state index in [-0.39, 0.29) is 37.7 Å². The van der Waals surface area contributed by atoms with Gasteiger partial charge in [0.2, 0.25) is 15.7 Å². The molecule has 2 N–H and O–H groups in total. The molecule has 192 valence electrons. The van der Waals surface area contributed by atoms with E-state index in [1.165, 1.54) is 12.1 Å². The maximum atomic E-state index is 14.1. The monoisotopic (exact) mass is 544 g/mol. The van der Waals surface area contributed by atoms with Crippen LogP contribution < -0.4 is 16.3 Å². The smallest absolute Gasteiger partial charge is 0.346 e. The Morgan fingerprint density at radius 3 is 2.16 bits per heavy atom. The summed E-state index contributed by atoms with van der Waals surface area (Å²) in [5.41, 5.74) is 7.81. The van der Waals surface area contributed by atoms with E-state index in [4.69, 9.17) is 10.5 Å². The number of aromatic nitrogens is 1. The maximum absolute atomic E-state index is 14.1. The third-order valence-electron chi connectivity index (χ3n) is 6.08. The lowest BCUT2D eigenvalue weighted by molar-refractivity contribution is -0.135. The molecule has 0 saturated carbocycles. The van der Waals surface area contributed by atoms with Crippen LogP contribution in [0.3, 0.4) is 0 Å². The van der Waals surface area contributed by atoms with Crippen molar-refractivity contribution in [3.8, 4) is 0 Å². The molecule has 1 aromatic heterocycles. The number of carbonyl (C=O) groups is 2. The van der Waals surface area contributed by atoms with Crippen LogP contribution in [0.5, 0.6) is 0 Å². The van der Waals surface area contributed by atoms with E-state index in [0.29, 0.717) is 5.56 Å². The van der Waals surface area contributed by atoms with Crippen molar-refractivity contribution in [2.75, 3.05) is 12.3 Å². The normalized spacial score (nSPS) is 15.8. The highest BCUT2D eigenvalue weighted by Gasteiger charge is 2.40. The minimum atomic E-state index is -4.26. The molecule has 0 saturated heterocycles. The van der Waals surface area contributed by atoms with Crippen LogP contribution in [0.15, 0.2) is 101 Å². The minimum Gasteiger partial charge on any atom is -0.462 e. The summed E-state index contributed by atoms with van der Waals surface area (Å²) in [5, 5.41) is -0.874. The van der Waals surface area contributed by atoms with E-state index in [1.807, 2.05) is 36.4 Å². The molecule has 3 aromatic carbocycles. The zero-order valence-electron chi connectivity index (χ0n) is 20.4. The van der Waals surface area contributed by atoms with Crippen LogP contribution in [0.4, 0.5) is 5.69 Å². The Morgan fingerprint density at radius 2 is 1.55 bits per heavy atom. The first-order chi connectivity index (χ1) is 18.3. The van der Waals surface area contributed by atoms with Crippen molar-refractivity contribution in [1.29, 1.82) is 0 Å². The van der Waals surface area contributed by atoms with Gasteiger partial charge in [-0.05, 0) is 36.3 Å². The lowest BCUT2D eigenvalue weighted by atomic mass is 10.1. The molecule has 9 heteroatoms.